The minimum absolute atomic E-state index is 0.0196. The molecule has 0 saturated heterocycles. The molecule has 8 N–H and O–H groups in total. The smallest absolute Gasteiger partial charge is 0.317 e. The molecule has 1 aromatic carbocycles. The number of carboxylic acids is 6. The second-order valence-corrected chi connectivity index (χ2v) is 13.0. The summed E-state index contributed by atoms with van der Waals surface area (Å²) < 4.78 is 5.72. The van der Waals surface area contributed by atoms with Gasteiger partial charge in [0.1, 0.15) is 18.5 Å². The van der Waals surface area contributed by atoms with Gasteiger partial charge in [0.2, 0.25) is 0 Å². The average molecular weight is 757 g/mol. The number of carboxylic acid groups (broad SMARTS) is 6. The molecule has 1 rings (SSSR count). The van der Waals surface area contributed by atoms with Crippen molar-refractivity contribution in [1.29, 1.82) is 0 Å². The van der Waals surface area contributed by atoms with E-state index in [1.807, 2.05) is 0 Å². The second-order valence-electron chi connectivity index (χ2n) is 13.0. The summed E-state index contributed by atoms with van der Waals surface area (Å²) in [7, 11) is 0. The van der Waals surface area contributed by atoms with Crippen LogP contribution in [0.15, 0.2) is 24.3 Å². The van der Waals surface area contributed by atoms with Crippen LogP contribution in [-0.4, -0.2) is 170 Å². The lowest BCUT2D eigenvalue weighted by Crippen LogP contribution is -2.51. The first-order chi connectivity index (χ1) is 25.1. The third-order valence-electron chi connectivity index (χ3n) is 8.17. The van der Waals surface area contributed by atoms with E-state index in [1.165, 1.54) is 4.90 Å². The summed E-state index contributed by atoms with van der Waals surface area (Å²) in [6.07, 6.45) is 7.61. The molecule has 0 spiro atoms. The summed E-state index contributed by atoms with van der Waals surface area (Å²) in [4.78, 5) is 71.7. The molecule has 0 saturated carbocycles. The second kappa shape index (κ2) is 27.3. The molecule has 0 aliphatic rings. The van der Waals surface area contributed by atoms with Crippen molar-refractivity contribution in [3.8, 4) is 5.75 Å². The Kier molecular flexibility index (Phi) is 24.0. The van der Waals surface area contributed by atoms with E-state index in [2.05, 4.69) is 5.32 Å². The van der Waals surface area contributed by atoms with Gasteiger partial charge in [-0.3, -0.25) is 43.5 Å². The fourth-order valence-electron chi connectivity index (χ4n) is 5.71. The Labute approximate surface area is 308 Å². The molecule has 0 amide bonds. The lowest BCUT2D eigenvalue weighted by molar-refractivity contribution is -0.144. The van der Waals surface area contributed by atoms with Crippen molar-refractivity contribution in [2.45, 2.75) is 76.4 Å². The van der Waals surface area contributed by atoms with Gasteiger partial charge in [-0.2, -0.15) is 0 Å². The molecule has 2 atom stereocenters. The van der Waals surface area contributed by atoms with Gasteiger partial charge in [-0.15, -0.1) is 0 Å². The van der Waals surface area contributed by atoms with Crippen LogP contribution in [0.1, 0.15) is 63.4 Å². The number of ether oxygens (including phenoxy) is 1. The van der Waals surface area contributed by atoms with Gasteiger partial charge in [0.05, 0.1) is 32.7 Å². The Hall–Kier alpha value is -4.36. The normalized spacial score (nSPS) is 12.5. The van der Waals surface area contributed by atoms with Gasteiger partial charge in [0, 0.05) is 38.6 Å². The van der Waals surface area contributed by atoms with Crippen molar-refractivity contribution in [3.63, 3.8) is 0 Å². The van der Waals surface area contributed by atoms with E-state index in [9.17, 15) is 59.4 Å². The van der Waals surface area contributed by atoms with Gasteiger partial charge in [0.15, 0.2) is 0 Å². The van der Waals surface area contributed by atoms with Gasteiger partial charge in [-0.25, -0.2) is 0 Å². The van der Waals surface area contributed by atoms with Crippen LogP contribution in [0.5, 0.6) is 5.75 Å². The molecule has 0 aromatic heterocycles. The lowest BCUT2D eigenvalue weighted by atomic mass is 10.0. The lowest BCUT2D eigenvalue weighted by Gasteiger charge is -2.35. The van der Waals surface area contributed by atoms with Crippen LogP contribution < -0.4 is 10.1 Å². The molecular weight excluding hydrogens is 700 g/mol. The highest BCUT2D eigenvalue weighted by Gasteiger charge is 2.27. The molecule has 2 unspecified atom stereocenters. The van der Waals surface area contributed by atoms with E-state index in [-0.39, 0.29) is 39.1 Å². The van der Waals surface area contributed by atoms with Crippen molar-refractivity contribution >= 4 is 35.8 Å². The molecule has 18 nitrogen and oxygen atoms in total. The monoisotopic (exact) mass is 756 g/mol. The minimum atomic E-state index is -1.29. The van der Waals surface area contributed by atoms with Gasteiger partial charge in [-0.1, -0.05) is 50.7 Å². The van der Waals surface area contributed by atoms with E-state index < -0.39 is 80.7 Å². The number of aliphatic hydroxyl groups excluding tert-OH is 1. The number of benzene rings is 1. The quantitative estimate of drug-likeness (QED) is 0.0453. The highest BCUT2D eigenvalue weighted by molar-refractivity contribution is 5.73. The number of unbranched alkanes of at least 4 members (excludes halogenated alkanes) is 7. The number of hydrogen-bond acceptors (Lipinski definition) is 12. The summed E-state index contributed by atoms with van der Waals surface area (Å²) in [5.41, 5.74) is 0.664. The number of rotatable bonds is 34. The number of hydrogen-bond donors (Lipinski definition) is 8. The van der Waals surface area contributed by atoms with Gasteiger partial charge < -0.3 is 45.8 Å². The topological polar surface area (TPSA) is 275 Å². The maximum Gasteiger partial charge on any atom is 0.317 e. The first-order valence-electron chi connectivity index (χ1n) is 17.7. The van der Waals surface area contributed by atoms with Crippen molar-refractivity contribution in [3.05, 3.63) is 29.8 Å². The largest absolute Gasteiger partial charge is 0.491 e. The van der Waals surface area contributed by atoms with Crippen molar-refractivity contribution in [2.75, 3.05) is 72.1 Å². The molecule has 18 heteroatoms. The number of nitrogens with one attached hydrogen (secondary N) is 1. The molecule has 300 valence electrons. The minimum Gasteiger partial charge on any atom is -0.491 e. The van der Waals surface area contributed by atoms with Crippen molar-refractivity contribution in [1.82, 2.24) is 20.0 Å². The SMILES string of the molecule is O=C(O)CCCCCCCCCCNCC(O)COc1ccc(CC(CN(CC(=O)O)CC(=O)O)N(CCN(CC(=O)O)CC(=O)O)CC(=O)O)cc1. The number of nitrogens with zero attached hydrogens (tertiary/aromatic N) is 3. The Morgan fingerprint density at radius 3 is 1.60 bits per heavy atom. The highest BCUT2D eigenvalue weighted by atomic mass is 16.5. The molecule has 53 heavy (non-hydrogen) atoms. The maximum atomic E-state index is 11.9. The zero-order valence-electron chi connectivity index (χ0n) is 30.1. The molecule has 0 aliphatic heterocycles. The number of aliphatic carboxylic acids is 6. The van der Waals surface area contributed by atoms with Crippen LogP contribution in [0, 0.1) is 0 Å². The third-order valence-corrected chi connectivity index (χ3v) is 8.17. The number of carbonyl (C=O) groups is 6. The first kappa shape index (κ1) is 46.7. The predicted octanol–water partition coefficient (Wildman–Crippen LogP) is 0.852. The summed E-state index contributed by atoms with van der Waals surface area (Å²) in [5.74, 6) is -6.71. The highest BCUT2D eigenvalue weighted by Crippen LogP contribution is 2.17. The van der Waals surface area contributed by atoms with Gasteiger partial charge in [-0.05, 0) is 43.5 Å². The fourth-order valence-corrected chi connectivity index (χ4v) is 5.71. The summed E-state index contributed by atoms with van der Waals surface area (Å²) >= 11 is 0. The molecule has 0 aliphatic carbocycles. The average Bonchev–Trinajstić information content (AvgIpc) is 3.05. The Bertz CT molecular complexity index is 1230. The molecular formula is C35H56N4O14. The van der Waals surface area contributed by atoms with E-state index in [0.717, 1.165) is 67.7 Å². The van der Waals surface area contributed by atoms with Gasteiger partial charge in [0.25, 0.3) is 0 Å². The van der Waals surface area contributed by atoms with Gasteiger partial charge >= 0.3 is 35.8 Å². The maximum absolute atomic E-state index is 11.9. The summed E-state index contributed by atoms with van der Waals surface area (Å²) in [6.45, 7) is -2.43. The molecule has 0 heterocycles. The van der Waals surface area contributed by atoms with Crippen LogP contribution in [0.3, 0.4) is 0 Å². The Morgan fingerprint density at radius 1 is 0.604 bits per heavy atom. The van der Waals surface area contributed by atoms with Crippen LogP contribution in [0.2, 0.25) is 0 Å². The molecule has 0 fully saturated rings. The van der Waals surface area contributed by atoms with Crippen molar-refractivity contribution in [2.24, 2.45) is 0 Å². The van der Waals surface area contributed by atoms with E-state index in [4.69, 9.17) is 9.84 Å². The fraction of sp³-hybridized carbons (Fsp3) is 0.657. The van der Waals surface area contributed by atoms with Crippen LogP contribution in [0.4, 0.5) is 0 Å². The number of aliphatic hydroxyl groups is 1. The molecule has 1 aromatic rings. The summed E-state index contributed by atoms with van der Waals surface area (Å²) in [6, 6.07) is 5.91. The van der Waals surface area contributed by atoms with E-state index in [1.54, 1.807) is 24.3 Å². The zero-order valence-corrected chi connectivity index (χ0v) is 30.1. The van der Waals surface area contributed by atoms with Crippen LogP contribution in [-0.2, 0) is 35.2 Å². The third kappa shape index (κ3) is 25.3. The van der Waals surface area contributed by atoms with Crippen LogP contribution >= 0.6 is 0 Å². The standard InChI is InChI=1S/C35H56N4O14/c40-28(18-36-14-8-6-4-2-1-3-5-7-9-30(41)42)25-53-29-12-10-26(11-13-29)17-27(19-38(22-33(47)48)23-34(49)50)39(24-35(51)52)16-15-37(20-31(43)44)21-32(45)46/h10-13,27-28,36,40H,1-9,14-25H2,(H,41,42)(H,43,44)(H,45,46)(H,47,48)(H,49,50)(H,51,52). The predicted molar refractivity (Wildman–Crippen MR) is 190 cm³/mol. The van der Waals surface area contributed by atoms with Crippen LogP contribution in [0.25, 0.3) is 0 Å². The molecule has 0 bridgehead atoms. The first-order valence-corrected chi connectivity index (χ1v) is 17.7. The Morgan fingerprint density at radius 2 is 1.09 bits per heavy atom. The van der Waals surface area contributed by atoms with Crippen molar-refractivity contribution < 1.29 is 69.2 Å². The zero-order chi connectivity index (χ0) is 39.6. The van der Waals surface area contributed by atoms with E-state index >= 15 is 0 Å². The Balaban J connectivity index is 2.79. The van der Waals surface area contributed by atoms with E-state index in [0.29, 0.717) is 17.9 Å². The summed E-state index contributed by atoms with van der Waals surface area (Å²) in [5, 5.41) is 69.1. The molecule has 0 radical (unpaired) electrons.